The third-order valence-electron chi connectivity index (χ3n) is 4.25. The van der Waals surface area contributed by atoms with Crippen molar-refractivity contribution >= 4 is 16.9 Å². The lowest BCUT2D eigenvalue weighted by atomic mass is 9.93. The normalized spacial score (nSPS) is 24.2. The Balaban J connectivity index is 1.81. The molecule has 2 saturated heterocycles. The Labute approximate surface area is 127 Å². The van der Waals surface area contributed by atoms with E-state index in [4.69, 9.17) is 9.73 Å². The van der Waals surface area contributed by atoms with E-state index in [1.165, 1.54) is 0 Å². The topological polar surface area (TPSA) is 36.9 Å². The maximum absolute atomic E-state index is 5.46. The third-order valence-corrected chi connectivity index (χ3v) is 5.45. The summed E-state index contributed by atoms with van der Waals surface area (Å²) < 4.78 is 5.46. The predicted molar refractivity (Wildman–Crippen MR) is 87.7 cm³/mol. The molecule has 0 aliphatic carbocycles. The van der Waals surface area contributed by atoms with Crippen LogP contribution in [0.4, 0.5) is 0 Å². The molecule has 116 valence electrons. The smallest absolute Gasteiger partial charge is 0.157 e. The monoisotopic (exact) mass is 299 g/mol. The number of amidine groups is 1. The average molecular weight is 299 g/mol. The fourth-order valence-corrected chi connectivity index (χ4v) is 4.25. The maximum atomic E-state index is 5.46. The standard InChI is InChI=1S/C15H29N3OS/c1-12(2)18(13(3)4)8-7-16-14-17-15(11-20-14)5-9-19-10-6-15/h12-13H,5-11H2,1-4H3,(H,16,17). The molecule has 4 nitrogen and oxygen atoms in total. The second kappa shape index (κ2) is 7.14. The number of rotatable bonds is 5. The van der Waals surface area contributed by atoms with E-state index in [1.54, 1.807) is 0 Å². The van der Waals surface area contributed by atoms with Crippen LogP contribution in [0.25, 0.3) is 0 Å². The van der Waals surface area contributed by atoms with Crippen molar-refractivity contribution in [2.24, 2.45) is 4.99 Å². The van der Waals surface area contributed by atoms with Crippen LogP contribution in [0.5, 0.6) is 0 Å². The van der Waals surface area contributed by atoms with Crippen LogP contribution in [0.3, 0.4) is 0 Å². The van der Waals surface area contributed by atoms with Crippen molar-refractivity contribution in [3.8, 4) is 0 Å². The van der Waals surface area contributed by atoms with Gasteiger partial charge in [0.15, 0.2) is 5.17 Å². The second-order valence-corrected chi connectivity index (χ2v) is 7.38. The summed E-state index contributed by atoms with van der Waals surface area (Å²) in [6.07, 6.45) is 2.23. The van der Waals surface area contributed by atoms with Gasteiger partial charge in [0.05, 0.1) is 12.1 Å². The number of nitrogens with zero attached hydrogens (tertiary/aromatic N) is 2. The first-order chi connectivity index (χ1) is 9.52. The van der Waals surface area contributed by atoms with E-state index in [9.17, 15) is 0 Å². The second-order valence-electron chi connectivity index (χ2n) is 6.42. The highest BCUT2D eigenvalue weighted by molar-refractivity contribution is 8.14. The van der Waals surface area contributed by atoms with Crippen LogP contribution in [0.1, 0.15) is 40.5 Å². The molecule has 0 aromatic heterocycles. The zero-order valence-electron chi connectivity index (χ0n) is 13.3. The molecule has 0 saturated carbocycles. The number of hydrogen-bond acceptors (Lipinski definition) is 4. The summed E-state index contributed by atoms with van der Waals surface area (Å²) >= 11 is 1.88. The molecule has 0 radical (unpaired) electrons. The van der Waals surface area contributed by atoms with Crippen molar-refractivity contribution in [3.05, 3.63) is 0 Å². The molecule has 2 heterocycles. The van der Waals surface area contributed by atoms with Gasteiger partial charge < -0.3 is 10.1 Å². The summed E-state index contributed by atoms with van der Waals surface area (Å²) in [7, 11) is 0. The van der Waals surface area contributed by atoms with Gasteiger partial charge in [-0.05, 0) is 40.5 Å². The van der Waals surface area contributed by atoms with E-state index < -0.39 is 0 Å². The number of thioether (sulfide) groups is 1. The Kier molecular flexibility index (Phi) is 5.75. The first-order valence-corrected chi connectivity index (χ1v) is 8.80. The Morgan fingerprint density at radius 1 is 1.25 bits per heavy atom. The molecule has 0 aromatic rings. The summed E-state index contributed by atoms with van der Waals surface area (Å²) in [5, 5.41) is 4.79. The van der Waals surface area contributed by atoms with Gasteiger partial charge in [0.1, 0.15) is 0 Å². The molecule has 0 atom stereocenters. The summed E-state index contributed by atoms with van der Waals surface area (Å²) in [6, 6.07) is 1.17. The fraction of sp³-hybridized carbons (Fsp3) is 0.933. The van der Waals surface area contributed by atoms with Gasteiger partial charge in [-0.1, -0.05) is 11.8 Å². The van der Waals surface area contributed by atoms with Gasteiger partial charge in [0.2, 0.25) is 0 Å². The molecule has 2 fully saturated rings. The number of nitrogens with one attached hydrogen (secondary N) is 1. The fourth-order valence-electron chi connectivity index (χ4n) is 3.00. The first kappa shape index (κ1) is 16.1. The Hall–Kier alpha value is -0.260. The summed E-state index contributed by atoms with van der Waals surface area (Å²) in [5.74, 6) is 1.15. The highest BCUT2D eigenvalue weighted by Gasteiger charge is 2.38. The highest BCUT2D eigenvalue weighted by Crippen LogP contribution is 2.31. The molecule has 1 N–H and O–H groups in total. The quantitative estimate of drug-likeness (QED) is 0.845. The molecule has 0 unspecified atom stereocenters. The lowest BCUT2D eigenvalue weighted by Crippen LogP contribution is -2.48. The van der Waals surface area contributed by atoms with Crippen LogP contribution >= 0.6 is 11.8 Å². The zero-order chi connectivity index (χ0) is 14.6. The van der Waals surface area contributed by atoms with E-state index in [0.717, 1.165) is 50.1 Å². The predicted octanol–water partition coefficient (Wildman–Crippen LogP) is 2.35. The van der Waals surface area contributed by atoms with Crippen LogP contribution in [0.15, 0.2) is 4.99 Å². The Morgan fingerprint density at radius 3 is 2.50 bits per heavy atom. The van der Waals surface area contributed by atoms with E-state index in [2.05, 4.69) is 37.9 Å². The van der Waals surface area contributed by atoms with Crippen molar-refractivity contribution in [2.75, 3.05) is 32.1 Å². The van der Waals surface area contributed by atoms with Gasteiger partial charge in [0.25, 0.3) is 0 Å². The molecular formula is C15H29N3OS. The largest absolute Gasteiger partial charge is 0.381 e. The van der Waals surface area contributed by atoms with E-state index in [1.807, 2.05) is 11.8 Å². The molecule has 0 amide bonds. The summed E-state index contributed by atoms with van der Waals surface area (Å²) in [6.45, 7) is 12.7. The summed E-state index contributed by atoms with van der Waals surface area (Å²) in [5.41, 5.74) is 0.261. The van der Waals surface area contributed by atoms with Crippen molar-refractivity contribution in [2.45, 2.75) is 58.2 Å². The number of ether oxygens (including phenoxy) is 1. The van der Waals surface area contributed by atoms with Gasteiger partial charge >= 0.3 is 0 Å². The Bertz CT molecular complexity index is 330. The van der Waals surface area contributed by atoms with Crippen molar-refractivity contribution in [3.63, 3.8) is 0 Å². The first-order valence-electron chi connectivity index (χ1n) is 7.81. The van der Waals surface area contributed by atoms with Gasteiger partial charge in [-0.25, -0.2) is 0 Å². The van der Waals surface area contributed by atoms with Crippen LogP contribution in [-0.4, -0.2) is 59.7 Å². The van der Waals surface area contributed by atoms with Crippen LogP contribution in [-0.2, 0) is 4.74 Å². The average Bonchev–Trinajstić information content (AvgIpc) is 2.77. The van der Waals surface area contributed by atoms with Gasteiger partial charge in [0, 0.05) is 37.6 Å². The molecule has 5 heteroatoms. The lowest BCUT2D eigenvalue weighted by molar-refractivity contribution is 0.0555. The van der Waals surface area contributed by atoms with Gasteiger partial charge in [-0.3, -0.25) is 9.89 Å². The van der Waals surface area contributed by atoms with Crippen LogP contribution in [0.2, 0.25) is 0 Å². The third kappa shape index (κ3) is 4.12. The molecule has 0 bridgehead atoms. The minimum Gasteiger partial charge on any atom is -0.381 e. The van der Waals surface area contributed by atoms with Gasteiger partial charge in [-0.15, -0.1) is 0 Å². The number of hydrogen-bond donors (Lipinski definition) is 1. The van der Waals surface area contributed by atoms with E-state index in [0.29, 0.717) is 12.1 Å². The molecular weight excluding hydrogens is 270 g/mol. The maximum Gasteiger partial charge on any atom is 0.157 e. The molecule has 2 aliphatic heterocycles. The minimum absolute atomic E-state index is 0.261. The highest BCUT2D eigenvalue weighted by atomic mass is 32.2. The molecule has 0 aromatic carbocycles. The molecule has 1 spiro atoms. The van der Waals surface area contributed by atoms with Crippen molar-refractivity contribution in [1.29, 1.82) is 0 Å². The van der Waals surface area contributed by atoms with Crippen LogP contribution in [0, 0.1) is 0 Å². The SMILES string of the molecule is CC(C)N(CCN=C1NC2(CCOCC2)CS1)C(C)C. The lowest BCUT2D eigenvalue weighted by Gasteiger charge is -2.32. The van der Waals surface area contributed by atoms with Crippen LogP contribution < -0.4 is 5.32 Å². The Morgan fingerprint density at radius 2 is 1.90 bits per heavy atom. The summed E-state index contributed by atoms with van der Waals surface area (Å²) in [4.78, 5) is 7.26. The van der Waals surface area contributed by atoms with Crippen molar-refractivity contribution in [1.82, 2.24) is 10.2 Å². The minimum atomic E-state index is 0.261. The zero-order valence-corrected chi connectivity index (χ0v) is 14.1. The molecule has 2 rings (SSSR count). The number of aliphatic imine (C=N–C) groups is 1. The molecule has 20 heavy (non-hydrogen) atoms. The van der Waals surface area contributed by atoms with E-state index in [-0.39, 0.29) is 5.54 Å². The van der Waals surface area contributed by atoms with E-state index >= 15 is 0 Å². The molecule has 2 aliphatic rings. The van der Waals surface area contributed by atoms with Crippen molar-refractivity contribution < 1.29 is 4.74 Å². The van der Waals surface area contributed by atoms with Gasteiger partial charge in [-0.2, -0.15) is 0 Å².